The number of pyridine rings is 1. The molecule has 0 radical (unpaired) electrons. The summed E-state index contributed by atoms with van der Waals surface area (Å²) in [5.41, 5.74) is 2.10. The number of hydrogen-bond donors (Lipinski definition) is 2. The molecule has 3 aromatic rings. The average molecular weight is 396 g/mol. The molecule has 28 heavy (non-hydrogen) atoms. The minimum absolute atomic E-state index is 0.244. The first-order valence-electron chi connectivity index (χ1n) is 8.62. The minimum Gasteiger partial charge on any atom is -0.494 e. The number of halogens is 1. The number of carbonyl (C=O) groups is 2. The summed E-state index contributed by atoms with van der Waals surface area (Å²) in [5, 5.41) is 5.81. The predicted molar refractivity (Wildman–Crippen MR) is 109 cm³/mol. The van der Waals surface area contributed by atoms with Crippen LogP contribution in [0.1, 0.15) is 27.6 Å². The topological polar surface area (TPSA) is 80.3 Å². The van der Waals surface area contributed by atoms with Crippen LogP contribution >= 0.6 is 11.6 Å². The molecule has 0 aliphatic heterocycles. The summed E-state index contributed by atoms with van der Waals surface area (Å²) in [5.74, 6) is 0.190. The first kappa shape index (κ1) is 19.4. The van der Waals surface area contributed by atoms with Crippen LogP contribution in [0.4, 0.5) is 11.4 Å². The number of ether oxygens (including phenoxy) is 1. The van der Waals surface area contributed by atoms with Crippen molar-refractivity contribution < 1.29 is 14.3 Å². The highest BCUT2D eigenvalue weighted by molar-refractivity contribution is 6.29. The average Bonchev–Trinajstić information content (AvgIpc) is 2.70. The van der Waals surface area contributed by atoms with Crippen molar-refractivity contribution >= 4 is 34.8 Å². The Morgan fingerprint density at radius 1 is 0.893 bits per heavy atom. The van der Waals surface area contributed by atoms with Gasteiger partial charge in [-0.2, -0.15) is 0 Å². The summed E-state index contributed by atoms with van der Waals surface area (Å²) in [6.07, 6.45) is 1.46. The highest BCUT2D eigenvalue weighted by Crippen LogP contribution is 2.18. The quantitative estimate of drug-likeness (QED) is 0.596. The predicted octanol–water partition coefficient (Wildman–Crippen LogP) is 4.64. The number of aromatic nitrogens is 1. The van der Waals surface area contributed by atoms with Crippen molar-refractivity contribution in [2.45, 2.75) is 6.92 Å². The largest absolute Gasteiger partial charge is 0.494 e. The molecule has 2 amide bonds. The molecule has 0 spiro atoms. The molecule has 0 fully saturated rings. The maximum Gasteiger partial charge on any atom is 0.255 e. The Balaban J connectivity index is 1.61. The van der Waals surface area contributed by atoms with Gasteiger partial charge in [-0.15, -0.1) is 0 Å². The zero-order chi connectivity index (χ0) is 19.9. The fourth-order valence-corrected chi connectivity index (χ4v) is 2.63. The van der Waals surface area contributed by atoms with Gasteiger partial charge < -0.3 is 15.4 Å². The molecule has 1 heterocycles. The van der Waals surface area contributed by atoms with Crippen LogP contribution in [-0.4, -0.2) is 23.4 Å². The van der Waals surface area contributed by atoms with Crippen LogP contribution in [-0.2, 0) is 0 Å². The third-order valence-corrected chi connectivity index (χ3v) is 4.02. The standard InChI is InChI=1S/C21H18ClN3O3/c1-2-28-18-9-7-17(8-10-18)24-20(26)14-3-5-16(6-4-14)25-21(27)15-11-12-23-19(22)13-15/h3-13H,2H2,1H3,(H,24,26)(H,25,27). The second-order valence-electron chi connectivity index (χ2n) is 5.81. The van der Waals surface area contributed by atoms with E-state index in [-0.39, 0.29) is 17.0 Å². The molecule has 3 rings (SSSR count). The lowest BCUT2D eigenvalue weighted by molar-refractivity contribution is 0.102. The van der Waals surface area contributed by atoms with Crippen LogP contribution in [0.15, 0.2) is 66.9 Å². The summed E-state index contributed by atoms with van der Waals surface area (Å²) in [6.45, 7) is 2.50. The molecule has 0 aliphatic carbocycles. The molecule has 2 N–H and O–H groups in total. The van der Waals surface area contributed by atoms with E-state index in [1.165, 1.54) is 12.3 Å². The highest BCUT2D eigenvalue weighted by atomic mass is 35.5. The zero-order valence-electron chi connectivity index (χ0n) is 15.1. The Hall–Kier alpha value is -3.38. The lowest BCUT2D eigenvalue weighted by atomic mass is 10.1. The number of amides is 2. The maximum absolute atomic E-state index is 12.4. The summed E-state index contributed by atoms with van der Waals surface area (Å²) < 4.78 is 5.38. The Morgan fingerprint density at radius 3 is 2.04 bits per heavy atom. The fourth-order valence-electron chi connectivity index (χ4n) is 2.46. The van der Waals surface area contributed by atoms with Crippen LogP contribution in [0.5, 0.6) is 5.75 Å². The van der Waals surface area contributed by atoms with E-state index < -0.39 is 0 Å². The van der Waals surface area contributed by atoms with E-state index in [9.17, 15) is 9.59 Å². The van der Waals surface area contributed by atoms with Crippen molar-refractivity contribution in [1.29, 1.82) is 0 Å². The number of nitrogens with one attached hydrogen (secondary N) is 2. The molecule has 0 bridgehead atoms. The first-order valence-corrected chi connectivity index (χ1v) is 9.00. The number of anilines is 2. The van der Waals surface area contributed by atoms with Crippen molar-refractivity contribution in [2.75, 3.05) is 17.2 Å². The third kappa shape index (κ3) is 5.08. The molecule has 7 heteroatoms. The zero-order valence-corrected chi connectivity index (χ0v) is 15.9. The maximum atomic E-state index is 12.4. The minimum atomic E-state index is -0.309. The van der Waals surface area contributed by atoms with Gasteiger partial charge in [0.1, 0.15) is 10.9 Å². The number of hydrogen-bond acceptors (Lipinski definition) is 4. The van der Waals surface area contributed by atoms with Gasteiger partial charge in [0.15, 0.2) is 0 Å². The third-order valence-electron chi connectivity index (χ3n) is 3.82. The summed E-state index contributed by atoms with van der Waals surface area (Å²) in [7, 11) is 0. The molecule has 0 saturated carbocycles. The van der Waals surface area contributed by atoms with Crippen LogP contribution in [0, 0.1) is 0 Å². The summed E-state index contributed by atoms with van der Waals surface area (Å²) in [6, 6.07) is 16.8. The van der Waals surface area contributed by atoms with E-state index in [2.05, 4.69) is 15.6 Å². The van der Waals surface area contributed by atoms with E-state index in [1.54, 1.807) is 54.6 Å². The molecule has 0 unspecified atom stereocenters. The lowest BCUT2D eigenvalue weighted by Crippen LogP contribution is -2.13. The second-order valence-corrected chi connectivity index (χ2v) is 6.20. The Labute approximate surface area is 167 Å². The molecule has 0 saturated heterocycles. The Morgan fingerprint density at radius 2 is 1.46 bits per heavy atom. The summed E-state index contributed by atoms with van der Waals surface area (Å²) in [4.78, 5) is 28.4. The fraction of sp³-hybridized carbons (Fsp3) is 0.0952. The highest BCUT2D eigenvalue weighted by Gasteiger charge is 2.09. The van der Waals surface area contributed by atoms with Gasteiger partial charge in [0.05, 0.1) is 6.61 Å². The van der Waals surface area contributed by atoms with Crippen molar-refractivity contribution in [1.82, 2.24) is 4.98 Å². The van der Waals surface area contributed by atoms with Gasteiger partial charge >= 0.3 is 0 Å². The molecule has 142 valence electrons. The van der Waals surface area contributed by atoms with E-state index >= 15 is 0 Å². The van der Waals surface area contributed by atoms with Crippen molar-refractivity contribution in [3.8, 4) is 5.75 Å². The van der Waals surface area contributed by atoms with Gasteiger partial charge in [-0.1, -0.05) is 11.6 Å². The molecular weight excluding hydrogens is 378 g/mol. The van der Waals surface area contributed by atoms with E-state index in [1.807, 2.05) is 6.92 Å². The lowest BCUT2D eigenvalue weighted by Gasteiger charge is -2.09. The van der Waals surface area contributed by atoms with Gasteiger partial charge in [0, 0.05) is 28.7 Å². The molecule has 0 atom stereocenters. The number of nitrogens with zero attached hydrogens (tertiary/aromatic N) is 1. The number of benzene rings is 2. The molecule has 2 aromatic carbocycles. The van der Waals surface area contributed by atoms with Crippen LogP contribution in [0.25, 0.3) is 0 Å². The van der Waals surface area contributed by atoms with Crippen molar-refractivity contribution in [2.24, 2.45) is 0 Å². The van der Waals surface area contributed by atoms with Gasteiger partial charge in [-0.05, 0) is 67.6 Å². The first-order chi connectivity index (χ1) is 13.5. The van der Waals surface area contributed by atoms with Crippen LogP contribution in [0.2, 0.25) is 5.15 Å². The van der Waals surface area contributed by atoms with Crippen LogP contribution < -0.4 is 15.4 Å². The number of rotatable bonds is 6. The van der Waals surface area contributed by atoms with Gasteiger partial charge in [0.2, 0.25) is 0 Å². The molecule has 0 aliphatic rings. The van der Waals surface area contributed by atoms with Gasteiger partial charge in [-0.3, -0.25) is 9.59 Å². The SMILES string of the molecule is CCOc1ccc(NC(=O)c2ccc(NC(=O)c3ccnc(Cl)c3)cc2)cc1. The molecular formula is C21H18ClN3O3. The smallest absolute Gasteiger partial charge is 0.255 e. The van der Waals surface area contributed by atoms with E-state index in [0.29, 0.717) is 29.1 Å². The van der Waals surface area contributed by atoms with Gasteiger partial charge in [0.25, 0.3) is 11.8 Å². The van der Waals surface area contributed by atoms with Crippen molar-refractivity contribution in [3.05, 3.63) is 83.1 Å². The monoisotopic (exact) mass is 395 g/mol. The second kappa shape index (κ2) is 9.01. The Bertz CT molecular complexity index is 973. The Kier molecular flexibility index (Phi) is 6.24. The van der Waals surface area contributed by atoms with Crippen molar-refractivity contribution in [3.63, 3.8) is 0 Å². The molecule has 1 aromatic heterocycles. The number of carbonyl (C=O) groups excluding carboxylic acids is 2. The molecule has 6 nitrogen and oxygen atoms in total. The van der Waals surface area contributed by atoms with Crippen LogP contribution in [0.3, 0.4) is 0 Å². The van der Waals surface area contributed by atoms with Gasteiger partial charge in [-0.25, -0.2) is 4.98 Å². The normalized spacial score (nSPS) is 10.2. The van der Waals surface area contributed by atoms with E-state index in [0.717, 1.165) is 5.75 Å². The summed E-state index contributed by atoms with van der Waals surface area (Å²) >= 11 is 5.80. The van der Waals surface area contributed by atoms with E-state index in [4.69, 9.17) is 16.3 Å².